The molecule has 0 aromatic carbocycles. The van der Waals surface area contributed by atoms with Crippen LogP contribution in [0.5, 0.6) is 0 Å². The molecular formula is C5H8NO2. The first-order valence-electron chi connectivity index (χ1n) is 2.42. The maximum atomic E-state index is 8.45. The van der Waals surface area contributed by atoms with Crippen molar-refractivity contribution in [2.24, 2.45) is 0 Å². The Morgan fingerprint density at radius 1 is 2.00 bits per heavy atom. The topological polar surface area (TPSA) is 32.7 Å². The Morgan fingerprint density at radius 2 is 2.75 bits per heavy atom. The van der Waals surface area contributed by atoms with Gasteiger partial charge in [0.1, 0.15) is 18.7 Å². The first-order chi connectivity index (χ1) is 3.83. The summed E-state index contributed by atoms with van der Waals surface area (Å²) in [6.07, 6.45) is 2.78. The monoisotopic (exact) mass is 114 g/mol. The van der Waals surface area contributed by atoms with Gasteiger partial charge >= 0.3 is 0 Å². The molecule has 0 bridgehead atoms. The quantitative estimate of drug-likeness (QED) is 0.516. The highest BCUT2D eigenvalue weighted by molar-refractivity contribution is 4.84. The summed E-state index contributed by atoms with van der Waals surface area (Å²) in [4.78, 5) is 1.55. The molecule has 1 radical (unpaired) electrons. The van der Waals surface area contributed by atoms with Gasteiger partial charge in [-0.25, -0.2) is 0 Å². The van der Waals surface area contributed by atoms with Crippen molar-refractivity contribution in [2.45, 2.75) is 6.92 Å². The number of aliphatic hydroxyl groups is 1. The fourth-order valence-corrected chi connectivity index (χ4v) is 0.538. The molecule has 1 rings (SSSR count). The van der Waals surface area contributed by atoms with Crippen LogP contribution in [0, 0.1) is 6.20 Å². The number of hydrogen-bond donors (Lipinski definition) is 1. The number of rotatable bonds is 1. The molecule has 3 heteroatoms. The number of allylic oxidation sites excluding steroid dienone is 1. The van der Waals surface area contributed by atoms with Crippen LogP contribution in [0.1, 0.15) is 6.92 Å². The SMILES string of the molecule is CC1=[C]N(CO)CO1. The van der Waals surface area contributed by atoms with Gasteiger partial charge in [-0.05, 0) is 6.92 Å². The zero-order valence-electron chi connectivity index (χ0n) is 4.72. The minimum atomic E-state index is -0.0165. The van der Waals surface area contributed by atoms with Gasteiger partial charge in [0.25, 0.3) is 0 Å². The lowest BCUT2D eigenvalue weighted by molar-refractivity contribution is 0.0780. The average Bonchev–Trinajstić information content (AvgIpc) is 2.14. The molecular weight excluding hydrogens is 106 g/mol. The van der Waals surface area contributed by atoms with Gasteiger partial charge in [0.05, 0.1) is 0 Å². The summed E-state index contributed by atoms with van der Waals surface area (Å²) in [6, 6.07) is 0. The van der Waals surface area contributed by atoms with E-state index in [1.54, 1.807) is 11.8 Å². The van der Waals surface area contributed by atoms with Crippen molar-refractivity contribution in [1.82, 2.24) is 4.90 Å². The van der Waals surface area contributed by atoms with E-state index in [-0.39, 0.29) is 6.73 Å². The third kappa shape index (κ3) is 0.924. The second kappa shape index (κ2) is 2.05. The van der Waals surface area contributed by atoms with Crippen molar-refractivity contribution in [1.29, 1.82) is 0 Å². The zero-order valence-corrected chi connectivity index (χ0v) is 4.72. The fourth-order valence-electron chi connectivity index (χ4n) is 0.538. The summed E-state index contributed by atoms with van der Waals surface area (Å²) in [5, 5.41) is 8.45. The van der Waals surface area contributed by atoms with E-state index in [2.05, 4.69) is 6.20 Å². The lowest BCUT2D eigenvalue weighted by atomic mass is 10.6. The lowest BCUT2D eigenvalue weighted by Crippen LogP contribution is -2.15. The second-order valence-electron chi connectivity index (χ2n) is 1.62. The van der Waals surface area contributed by atoms with Crippen molar-refractivity contribution in [3.63, 3.8) is 0 Å². The van der Waals surface area contributed by atoms with Gasteiger partial charge in [0.2, 0.25) is 0 Å². The fraction of sp³-hybridized carbons (Fsp3) is 0.600. The van der Waals surface area contributed by atoms with Crippen molar-refractivity contribution < 1.29 is 9.84 Å². The molecule has 45 valence electrons. The number of nitrogens with zero attached hydrogens (tertiary/aromatic N) is 1. The minimum Gasteiger partial charge on any atom is -0.475 e. The van der Waals surface area contributed by atoms with Crippen molar-refractivity contribution >= 4 is 0 Å². The van der Waals surface area contributed by atoms with Gasteiger partial charge in [0.15, 0.2) is 6.73 Å². The molecule has 8 heavy (non-hydrogen) atoms. The summed E-state index contributed by atoms with van der Waals surface area (Å²) in [7, 11) is 0. The van der Waals surface area contributed by atoms with Crippen LogP contribution in [-0.4, -0.2) is 23.5 Å². The summed E-state index contributed by atoms with van der Waals surface area (Å²) >= 11 is 0. The average molecular weight is 114 g/mol. The predicted molar refractivity (Wildman–Crippen MR) is 27.3 cm³/mol. The summed E-state index contributed by atoms with van der Waals surface area (Å²) < 4.78 is 4.93. The molecule has 1 N–H and O–H groups in total. The molecule has 0 saturated heterocycles. The number of hydrogen-bond acceptors (Lipinski definition) is 3. The van der Waals surface area contributed by atoms with Crippen LogP contribution in [0.25, 0.3) is 0 Å². The molecule has 0 aromatic heterocycles. The Bertz CT molecular complexity index is 111. The zero-order chi connectivity index (χ0) is 5.98. The van der Waals surface area contributed by atoms with Gasteiger partial charge in [-0.1, -0.05) is 0 Å². The Kier molecular flexibility index (Phi) is 1.39. The van der Waals surface area contributed by atoms with Crippen LogP contribution in [0.15, 0.2) is 5.76 Å². The molecule has 0 atom stereocenters. The van der Waals surface area contributed by atoms with Gasteiger partial charge in [-0.15, -0.1) is 0 Å². The molecule has 3 nitrogen and oxygen atoms in total. The van der Waals surface area contributed by atoms with E-state index in [4.69, 9.17) is 9.84 Å². The van der Waals surface area contributed by atoms with Crippen LogP contribution >= 0.6 is 0 Å². The largest absolute Gasteiger partial charge is 0.475 e. The standard InChI is InChI=1S/C5H8NO2/c1-5-2-6(3-7)4-8-5/h7H,3-4H2,1H3. The first-order valence-corrected chi connectivity index (χ1v) is 2.42. The number of aliphatic hydroxyl groups excluding tert-OH is 1. The van der Waals surface area contributed by atoms with Gasteiger partial charge < -0.3 is 14.7 Å². The van der Waals surface area contributed by atoms with E-state index in [0.29, 0.717) is 6.73 Å². The molecule has 0 aliphatic carbocycles. The molecule has 1 heterocycles. The molecule has 0 saturated carbocycles. The van der Waals surface area contributed by atoms with Gasteiger partial charge in [-0.3, -0.25) is 0 Å². The van der Waals surface area contributed by atoms with E-state index in [0.717, 1.165) is 5.76 Å². The maximum Gasteiger partial charge on any atom is 0.163 e. The smallest absolute Gasteiger partial charge is 0.163 e. The molecule has 0 amide bonds. The van der Waals surface area contributed by atoms with Crippen molar-refractivity contribution in [3.8, 4) is 0 Å². The first kappa shape index (κ1) is 5.44. The normalized spacial score (nSPS) is 18.2. The van der Waals surface area contributed by atoms with E-state index in [1.165, 1.54) is 0 Å². The summed E-state index contributed by atoms with van der Waals surface area (Å²) in [6.45, 7) is 2.22. The maximum absolute atomic E-state index is 8.45. The third-order valence-electron chi connectivity index (χ3n) is 0.923. The molecule has 0 fully saturated rings. The van der Waals surface area contributed by atoms with E-state index >= 15 is 0 Å². The van der Waals surface area contributed by atoms with Crippen LogP contribution in [-0.2, 0) is 4.74 Å². The van der Waals surface area contributed by atoms with Crippen LogP contribution in [0.4, 0.5) is 0 Å². The predicted octanol–water partition coefficient (Wildman–Crippen LogP) is -0.110. The van der Waals surface area contributed by atoms with E-state index in [9.17, 15) is 0 Å². The Labute approximate surface area is 48.2 Å². The molecule has 0 spiro atoms. The second-order valence-corrected chi connectivity index (χ2v) is 1.62. The molecule has 1 aliphatic heterocycles. The summed E-state index contributed by atoms with van der Waals surface area (Å²) in [5.41, 5.74) is 0. The molecule has 0 aromatic rings. The van der Waals surface area contributed by atoms with Crippen LogP contribution in [0.2, 0.25) is 0 Å². The lowest BCUT2D eigenvalue weighted by Gasteiger charge is -2.05. The summed E-state index contributed by atoms with van der Waals surface area (Å²) in [5.74, 6) is 0.735. The Balaban J connectivity index is 2.41. The van der Waals surface area contributed by atoms with Crippen LogP contribution < -0.4 is 0 Å². The molecule has 0 unspecified atom stereocenters. The van der Waals surface area contributed by atoms with Crippen molar-refractivity contribution in [3.05, 3.63) is 12.0 Å². The van der Waals surface area contributed by atoms with Gasteiger partial charge in [0, 0.05) is 0 Å². The van der Waals surface area contributed by atoms with E-state index < -0.39 is 0 Å². The third-order valence-corrected chi connectivity index (χ3v) is 0.923. The Morgan fingerprint density at radius 3 is 3.00 bits per heavy atom. The highest BCUT2D eigenvalue weighted by atomic mass is 16.5. The number of ether oxygens (including phenoxy) is 1. The highest BCUT2D eigenvalue weighted by Crippen LogP contribution is 2.05. The Hall–Kier alpha value is -0.700. The van der Waals surface area contributed by atoms with Crippen LogP contribution in [0.3, 0.4) is 0 Å². The molecule has 1 aliphatic rings. The minimum absolute atomic E-state index is 0.0165. The highest BCUT2D eigenvalue weighted by Gasteiger charge is 2.07. The van der Waals surface area contributed by atoms with Gasteiger partial charge in [-0.2, -0.15) is 0 Å². The van der Waals surface area contributed by atoms with Crippen molar-refractivity contribution in [2.75, 3.05) is 13.5 Å². The van der Waals surface area contributed by atoms with E-state index in [1.807, 2.05) is 0 Å².